The third kappa shape index (κ3) is 2.63. The highest BCUT2D eigenvalue weighted by atomic mass is 16.6. The molecule has 0 saturated carbocycles. The van der Waals surface area contributed by atoms with Crippen LogP contribution in [-0.4, -0.2) is 29.4 Å². The molecule has 0 amide bonds. The maximum Gasteiger partial charge on any atom is 0.374 e. The minimum Gasteiger partial charge on any atom is -0.431 e. The Kier molecular flexibility index (Phi) is 3.51. The van der Waals surface area contributed by atoms with Crippen LogP contribution in [0, 0.1) is 10.1 Å². The lowest BCUT2D eigenvalue weighted by Gasteiger charge is -2.09. The molecule has 9 nitrogen and oxygen atoms in total. The van der Waals surface area contributed by atoms with Crippen LogP contribution in [0.5, 0.6) is 11.6 Å². The molecule has 25 heavy (non-hydrogen) atoms. The third-order valence-corrected chi connectivity index (χ3v) is 3.50. The molecular formula is C16H10N6O3. The van der Waals surface area contributed by atoms with E-state index in [9.17, 15) is 10.1 Å². The van der Waals surface area contributed by atoms with Crippen molar-refractivity contribution >= 4 is 16.6 Å². The number of ether oxygens (including phenoxy) is 1. The first-order valence-electron chi connectivity index (χ1n) is 7.23. The van der Waals surface area contributed by atoms with Crippen LogP contribution in [0.15, 0.2) is 61.6 Å². The van der Waals surface area contributed by atoms with Crippen LogP contribution in [0.2, 0.25) is 0 Å². The lowest BCUT2D eigenvalue weighted by Crippen LogP contribution is -2.05. The summed E-state index contributed by atoms with van der Waals surface area (Å²) >= 11 is 0. The van der Waals surface area contributed by atoms with Crippen molar-refractivity contribution in [1.82, 2.24) is 24.5 Å². The second-order valence-corrected chi connectivity index (χ2v) is 5.01. The number of nitro groups is 1. The van der Waals surface area contributed by atoms with Crippen LogP contribution in [0.25, 0.3) is 16.7 Å². The number of hydrogen-bond donors (Lipinski definition) is 0. The number of imidazole rings is 1. The number of para-hydroxylation sites is 1. The van der Waals surface area contributed by atoms with Gasteiger partial charge in [0.25, 0.3) is 0 Å². The average Bonchev–Trinajstić information content (AvgIpc) is 3.16. The zero-order valence-electron chi connectivity index (χ0n) is 12.7. The summed E-state index contributed by atoms with van der Waals surface area (Å²) in [7, 11) is 0. The van der Waals surface area contributed by atoms with Gasteiger partial charge >= 0.3 is 11.6 Å². The summed E-state index contributed by atoms with van der Waals surface area (Å²) in [5.41, 5.74) is 0.232. The molecule has 1 aromatic carbocycles. The molecule has 0 unspecified atom stereocenters. The summed E-state index contributed by atoms with van der Waals surface area (Å²) < 4.78 is 7.16. The van der Waals surface area contributed by atoms with Crippen molar-refractivity contribution in [3.63, 3.8) is 0 Å². The van der Waals surface area contributed by atoms with E-state index in [4.69, 9.17) is 4.74 Å². The maximum absolute atomic E-state index is 11.6. The Morgan fingerprint density at radius 3 is 2.76 bits per heavy atom. The summed E-state index contributed by atoms with van der Waals surface area (Å²) in [6, 6.07) is 9.01. The van der Waals surface area contributed by atoms with Crippen molar-refractivity contribution in [3.05, 3.63) is 71.7 Å². The van der Waals surface area contributed by atoms with Crippen molar-refractivity contribution < 1.29 is 9.66 Å². The van der Waals surface area contributed by atoms with Gasteiger partial charge < -0.3 is 4.74 Å². The van der Waals surface area contributed by atoms with Crippen molar-refractivity contribution in [2.24, 2.45) is 0 Å². The fourth-order valence-corrected chi connectivity index (χ4v) is 2.42. The summed E-state index contributed by atoms with van der Waals surface area (Å²) in [4.78, 5) is 27.1. The Hall–Kier alpha value is -3.88. The Labute approximate surface area is 140 Å². The van der Waals surface area contributed by atoms with Crippen LogP contribution in [0.1, 0.15) is 0 Å². The van der Waals surface area contributed by atoms with Crippen LogP contribution in [0.4, 0.5) is 5.69 Å². The van der Waals surface area contributed by atoms with Crippen molar-refractivity contribution in [2.75, 3.05) is 0 Å². The van der Waals surface area contributed by atoms with Gasteiger partial charge in [-0.2, -0.15) is 4.98 Å². The lowest BCUT2D eigenvalue weighted by atomic mass is 10.2. The number of pyridine rings is 1. The largest absolute Gasteiger partial charge is 0.431 e. The number of rotatable bonds is 4. The predicted octanol–water partition coefficient (Wildman–Crippen LogP) is 2.91. The molecule has 0 fully saturated rings. The molecule has 3 heterocycles. The number of benzene rings is 1. The zero-order chi connectivity index (χ0) is 17.2. The smallest absolute Gasteiger partial charge is 0.374 e. The van der Waals surface area contributed by atoms with E-state index in [1.165, 1.54) is 23.4 Å². The Bertz CT molecular complexity index is 1060. The first-order chi connectivity index (χ1) is 12.2. The number of nitrogens with zero attached hydrogens (tertiary/aromatic N) is 6. The quantitative estimate of drug-likeness (QED) is 0.417. The SMILES string of the molecule is O=[N+]([O-])c1c(Oc2cccc3cccnc23)ncnc1-n1ccnc1. The molecule has 0 saturated heterocycles. The number of fused-ring (bicyclic) bond motifs is 1. The van der Waals surface area contributed by atoms with Gasteiger partial charge in [-0.1, -0.05) is 18.2 Å². The monoisotopic (exact) mass is 334 g/mol. The number of aromatic nitrogens is 5. The van der Waals surface area contributed by atoms with E-state index in [2.05, 4.69) is 19.9 Å². The Morgan fingerprint density at radius 1 is 1.08 bits per heavy atom. The predicted molar refractivity (Wildman–Crippen MR) is 87.6 cm³/mol. The van der Waals surface area contributed by atoms with Gasteiger partial charge in [-0.25, -0.2) is 9.97 Å². The van der Waals surface area contributed by atoms with Gasteiger partial charge in [0.15, 0.2) is 5.75 Å². The van der Waals surface area contributed by atoms with Crippen molar-refractivity contribution in [2.45, 2.75) is 0 Å². The molecule has 0 aliphatic heterocycles. The lowest BCUT2D eigenvalue weighted by molar-refractivity contribution is -0.386. The molecule has 0 bridgehead atoms. The highest BCUT2D eigenvalue weighted by Gasteiger charge is 2.26. The second-order valence-electron chi connectivity index (χ2n) is 5.01. The van der Waals surface area contributed by atoms with Gasteiger partial charge in [0.05, 0.1) is 4.92 Å². The van der Waals surface area contributed by atoms with E-state index in [0.29, 0.717) is 11.3 Å². The molecule has 4 rings (SSSR count). The van der Waals surface area contributed by atoms with Gasteiger partial charge in [-0.05, 0) is 12.1 Å². The van der Waals surface area contributed by atoms with Crippen LogP contribution < -0.4 is 4.74 Å². The van der Waals surface area contributed by atoms with E-state index in [-0.39, 0.29) is 17.4 Å². The first-order valence-corrected chi connectivity index (χ1v) is 7.23. The van der Waals surface area contributed by atoms with Gasteiger partial charge in [-0.15, -0.1) is 0 Å². The molecule has 0 spiro atoms. The topological polar surface area (TPSA) is 109 Å². The molecular weight excluding hydrogens is 324 g/mol. The first kappa shape index (κ1) is 14.7. The normalized spacial score (nSPS) is 10.7. The summed E-state index contributed by atoms with van der Waals surface area (Å²) in [5, 5.41) is 12.4. The van der Waals surface area contributed by atoms with Crippen LogP contribution >= 0.6 is 0 Å². The van der Waals surface area contributed by atoms with Gasteiger partial charge in [0, 0.05) is 24.0 Å². The van der Waals surface area contributed by atoms with E-state index < -0.39 is 4.92 Å². The molecule has 3 aromatic heterocycles. The molecule has 0 aliphatic carbocycles. The minimum atomic E-state index is -0.580. The summed E-state index contributed by atoms with van der Waals surface area (Å²) in [6.45, 7) is 0. The standard InChI is InChI=1S/C16H10N6O3/c23-22(24)14-15(21-8-7-17-10-21)19-9-20-16(14)25-12-5-1-3-11-4-2-6-18-13(11)12/h1-10H. The fraction of sp³-hybridized carbons (Fsp3) is 0. The highest BCUT2D eigenvalue weighted by molar-refractivity contribution is 5.84. The molecule has 0 aliphatic rings. The summed E-state index contributed by atoms with van der Waals surface area (Å²) in [6.07, 6.45) is 7.30. The van der Waals surface area contributed by atoms with E-state index in [1.807, 2.05) is 12.1 Å². The van der Waals surface area contributed by atoms with Gasteiger partial charge in [0.2, 0.25) is 5.82 Å². The molecule has 4 aromatic rings. The zero-order valence-corrected chi connectivity index (χ0v) is 12.7. The van der Waals surface area contributed by atoms with E-state index in [0.717, 1.165) is 5.39 Å². The number of hydrogen-bond acceptors (Lipinski definition) is 7. The molecule has 0 atom stereocenters. The molecule has 122 valence electrons. The van der Waals surface area contributed by atoms with E-state index in [1.54, 1.807) is 30.6 Å². The fourth-order valence-electron chi connectivity index (χ4n) is 2.42. The van der Waals surface area contributed by atoms with Crippen LogP contribution in [-0.2, 0) is 0 Å². The second kappa shape index (κ2) is 5.96. The Morgan fingerprint density at radius 2 is 1.96 bits per heavy atom. The van der Waals surface area contributed by atoms with Crippen molar-refractivity contribution in [1.29, 1.82) is 0 Å². The molecule has 9 heteroatoms. The van der Waals surface area contributed by atoms with Gasteiger partial charge in [-0.3, -0.25) is 19.7 Å². The average molecular weight is 334 g/mol. The van der Waals surface area contributed by atoms with Crippen molar-refractivity contribution in [3.8, 4) is 17.4 Å². The van der Waals surface area contributed by atoms with Gasteiger partial charge in [0.1, 0.15) is 18.2 Å². The highest BCUT2D eigenvalue weighted by Crippen LogP contribution is 2.35. The minimum absolute atomic E-state index is 0.0701. The molecule has 0 N–H and O–H groups in total. The van der Waals surface area contributed by atoms with E-state index >= 15 is 0 Å². The maximum atomic E-state index is 11.6. The van der Waals surface area contributed by atoms with Crippen LogP contribution in [0.3, 0.4) is 0 Å². The third-order valence-electron chi connectivity index (χ3n) is 3.50. The summed E-state index contributed by atoms with van der Waals surface area (Å²) in [5.74, 6) is 0.277. The Balaban J connectivity index is 1.86. The molecule has 0 radical (unpaired) electrons.